The molecule has 160 valence electrons. The van der Waals surface area contributed by atoms with Crippen molar-refractivity contribution < 1.29 is 23.8 Å². The maximum Gasteiger partial charge on any atom is 0.258 e. The number of anilines is 2. The van der Waals surface area contributed by atoms with Gasteiger partial charge < -0.3 is 29.7 Å². The Balaban J connectivity index is 1.82. The number of nitrogens with zero attached hydrogens (tertiary/aromatic N) is 1. The van der Waals surface area contributed by atoms with E-state index in [0.717, 1.165) is 5.69 Å². The van der Waals surface area contributed by atoms with Crippen LogP contribution in [0.4, 0.5) is 11.4 Å². The van der Waals surface area contributed by atoms with E-state index in [1.807, 2.05) is 32.0 Å². The molecule has 2 N–H and O–H groups in total. The Hall–Kier alpha value is -3.42. The first-order valence-corrected chi connectivity index (χ1v) is 9.66. The molecule has 0 bridgehead atoms. The van der Waals surface area contributed by atoms with Gasteiger partial charge in [0.2, 0.25) is 11.7 Å². The van der Waals surface area contributed by atoms with E-state index in [0.29, 0.717) is 28.5 Å². The van der Waals surface area contributed by atoms with Gasteiger partial charge in [-0.1, -0.05) is 26.0 Å². The average molecular weight is 413 g/mol. The number of methoxy groups -OCH3 is 3. The summed E-state index contributed by atoms with van der Waals surface area (Å²) in [5.41, 5.74) is 1.81. The molecule has 0 aliphatic carbocycles. The van der Waals surface area contributed by atoms with Crippen molar-refractivity contribution in [2.24, 2.45) is 5.92 Å². The van der Waals surface area contributed by atoms with E-state index in [1.165, 1.54) is 21.3 Å². The molecule has 1 aliphatic rings. The van der Waals surface area contributed by atoms with Gasteiger partial charge >= 0.3 is 0 Å². The van der Waals surface area contributed by atoms with Crippen LogP contribution in [0.2, 0.25) is 0 Å². The van der Waals surface area contributed by atoms with E-state index in [-0.39, 0.29) is 30.4 Å². The monoisotopic (exact) mass is 413 g/mol. The minimum absolute atomic E-state index is 0.0975. The lowest BCUT2D eigenvalue weighted by atomic mass is 10.0. The summed E-state index contributed by atoms with van der Waals surface area (Å²) in [6, 6.07) is 10.6. The van der Waals surface area contributed by atoms with Crippen molar-refractivity contribution in [3.05, 3.63) is 42.0 Å². The van der Waals surface area contributed by atoms with Crippen LogP contribution in [0.15, 0.2) is 36.4 Å². The highest BCUT2D eigenvalue weighted by Crippen LogP contribution is 2.40. The van der Waals surface area contributed by atoms with Gasteiger partial charge in [0, 0.05) is 23.5 Å². The van der Waals surface area contributed by atoms with Gasteiger partial charge in [-0.15, -0.1) is 0 Å². The standard InChI is InChI=1S/C22H27N3O5/c1-13(2)21-24-16-9-7-6-8-15(16)22(27)25(21)12-19(26)23-14-10-17(28-3)20(30-5)18(11-14)29-4/h6-11,13,21,24H,12H2,1-5H3,(H,23,26)/t21-/m1/s1. The maximum atomic E-state index is 13.1. The highest BCUT2D eigenvalue weighted by molar-refractivity contribution is 6.04. The van der Waals surface area contributed by atoms with Crippen LogP contribution in [0.5, 0.6) is 17.2 Å². The van der Waals surface area contributed by atoms with Gasteiger partial charge in [0.1, 0.15) is 12.7 Å². The van der Waals surface area contributed by atoms with Crippen LogP contribution in [-0.2, 0) is 4.79 Å². The zero-order chi connectivity index (χ0) is 21.8. The quantitative estimate of drug-likeness (QED) is 0.725. The van der Waals surface area contributed by atoms with E-state index in [1.54, 1.807) is 23.1 Å². The number of hydrogen-bond donors (Lipinski definition) is 2. The molecule has 2 aromatic carbocycles. The van der Waals surface area contributed by atoms with Crippen molar-refractivity contribution in [3.8, 4) is 17.2 Å². The van der Waals surface area contributed by atoms with Gasteiger partial charge in [0.05, 0.1) is 26.9 Å². The molecule has 2 aromatic rings. The molecule has 1 heterocycles. The van der Waals surface area contributed by atoms with Gasteiger partial charge in [-0.25, -0.2) is 0 Å². The molecule has 0 unspecified atom stereocenters. The second kappa shape index (κ2) is 8.94. The summed E-state index contributed by atoms with van der Waals surface area (Å²) in [6.45, 7) is 3.91. The third-order valence-electron chi connectivity index (χ3n) is 4.95. The van der Waals surface area contributed by atoms with Gasteiger partial charge in [0.15, 0.2) is 11.5 Å². The Labute approximate surface area is 176 Å². The first kappa shape index (κ1) is 21.3. The number of rotatable bonds is 7. The minimum atomic E-state index is -0.329. The smallest absolute Gasteiger partial charge is 0.258 e. The molecule has 0 saturated carbocycles. The Morgan fingerprint density at radius 2 is 1.73 bits per heavy atom. The summed E-state index contributed by atoms with van der Waals surface area (Å²) in [6.07, 6.45) is -0.293. The molecule has 0 aromatic heterocycles. The van der Waals surface area contributed by atoms with E-state index in [4.69, 9.17) is 14.2 Å². The molecule has 1 atom stereocenters. The lowest BCUT2D eigenvalue weighted by Gasteiger charge is -2.39. The lowest BCUT2D eigenvalue weighted by Crippen LogP contribution is -2.53. The minimum Gasteiger partial charge on any atom is -0.493 e. The zero-order valence-corrected chi connectivity index (χ0v) is 17.8. The molecule has 3 rings (SSSR count). The molecule has 0 radical (unpaired) electrons. The normalized spacial score (nSPS) is 15.3. The largest absolute Gasteiger partial charge is 0.493 e. The lowest BCUT2D eigenvalue weighted by molar-refractivity contribution is -0.117. The summed E-state index contributed by atoms with van der Waals surface area (Å²) in [7, 11) is 4.52. The predicted octanol–water partition coefficient (Wildman–Crippen LogP) is 3.20. The van der Waals surface area contributed by atoms with Gasteiger partial charge in [-0.2, -0.15) is 0 Å². The Kier molecular flexibility index (Phi) is 6.34. The number of carbonyl (C=O) groups excluding carboxylic acids is 2. The van der Waals surface area contributed by atoms with Crippen molar-refractivity contribution in [3.63, 3.8) is 0 Å². The summed E-state index contributed by atoms with van der Waals surface area (Å²) in [5, 5.41) is 6.18. The molecular formula is C22H27N3O5. The first-order valence-electron chi connectivity index (χ1n) is 9.66. The maximum absolute atomic E-state index is 13.1. The zero-order valence-electron chi connectivity index (χ0n) is 17.8. The molecule has 8 nitrogen and oxygen atoms in total. The molecule has 0 saturated heterocycles. The predicted molar refractivity (Wildman–Crippen MR) is 114 cm³/mol. The van der Waals surface area contributed by atoms with Crippen molar-refractivity contribution >= 4 is 23.2 Å². The van der Waals surface area contributed by atoms with Crippen LogP contribution in [0.3, 0.4) is 0 Å². The van der Waals surface area contributed by atoms with Gasteiger partial charge in [0.25, 0.3) is 5.91 Å². The number of benzene rings is 2. The molecule has 0 fully saturated rings. The molecule has 0 spiro atoms. The van der Waals surface area contributed by atoms with Crippen LogP contribution in [-0.4, -0.2) is 50.8 Å². The van der Waals surface area contributed by atoms with E-state index in [9.17, 15) is 9.59 Å². The molecule has 1 aliphatic heterocycles. The molecule has 30 heavy (non-hydrogen) atoms. The number of ether oxygens (including phenoxy) is 3. The van der Waals surface area contributed by atoms with Crippen molar-refractivity contribution in [1.82, 2.24) is 4.90 Å². The van der Waals surface area contributed by atoms with Crippen LogP contribution in [0.25, 0.3) is 0 Å². The Morgan fingerprint density at radius 1 is 1.10 bits per heavy atom. The second-order valence-electron chi connectivity index (χ2n) is 7.27. The van der Waals surface area contributed by atoms with Crippen molar-refractivity contribution in [2.45, 2.75) is 20.0 Å². The number of carbonyl (C=O) groups is 2. The number of hydrogen-bond acceptors (Lipinski definition) is 6. The first-order chi connectivity index (χ1) is 14.4. The van der Waals surface area contributed by atoms with E-state index < -0.39 is 0 Å². The topological polar surface area (TPSA) is 89.1 Å². The average Bonchev–Trinajstić information content (AvgIpc) is 2.74. The van der Waals surface area contributed by atoms with Crippen LogP contribution in [0, 0.1) is 5.92 Å². The Bertz CT molecular complexity index is 919. The summed E-state index contributed by atoms with van der Waals surface area (Å²) in [5.74, 6) is 0.891. The third-order valence-corrected chi connectivity index (χ3v) is 4.95. The fraction of sp³-hybridized carbons (Fsp3) is 0.364. The second-order valence-corrected chi connectivity index (χ2v) is 7.27. The van der Waals surface area contributed by atoms with Gasteiger partial charge in [-0.05, 0) is 18.1 Å². The van der Waals surface area contributed by atoms with Crippen LogP contribution >= 0.6 is 0 Å². The number of para-hydroxylation sites is 1. The van der Waals surface area contributed by atoms with Crippen molar-refractivity contribution in [1.29, 1.82) is 0 Å². The number of amides is 2. The number of fused-ring (bicyclic) bond motifs is 1. The van der Waals surface area contributed by atoms with Crippen molar-refractivity contribution in [2.75, 3.05) is 38.5 Å². The van der Waals surface area contributed by atoms with Crippen LogP contribution in [0.1, 0.15) is 24.2 Å². The van der Waals surface area contributed by atoms with Crippen LogP contribution < -0.4 is 24.8 Å². The highest BCUT2D eigenvalue weighted by Gasteiger charge is 2.34. The molecule has 2 amide bonds. The highest BCUT2D eigenvalue weighted by atomic mass is 16.5. The van der Waals surface area contributed by atoms with Gasteiger partial charge in [-0.3, -0.25) is 9.59 Å². The summed E-state index contributed by atoms with van der Waals surface area (Å²) < 4.78 is 16.0. The van der Waals surface area contributed by atoms with E-state index >= 15 is 0 Å². The number of nitrogens with one attached hydrogen (secondary N) is 2. The molecular weight excluding hydrogens is 386 g/mol. The third kappa shape index (κ3) is 4.12. The SMILES string of the molecule is COc1cc(NC(=O)CN2C(=O)c3ccccc3N[C@H]2C(C)C)cc(OC)c1OC. The summed E-state index contributed by atoms with van der Waals surface area (Å²) in [4.78, 5) is 27.4. The molecule has 8 heteroatoms. The fourth-order valence-corrected chi connectivity index (χ4v) is 3.52. The Morgan fingerprint density at radius 3 is 2.30 bits per heavy atom. The summed E-state index contributed by atoms with van der Waals surface area (Å²) >= 11 is 0. The fourth-order valence-electron chi connectivity index (χ4n) is 3.52. The van der Waals surface area contributed by atoms with E-state index in [2.05, 4.69) is 10.6 Å².